The average molecular weight is 413 g/mol. The largest absolute Gasteiger partial charge is 0.490 e. The fourth-order valence-corrected chi connectivity index (χ4v) is 4.79. The fraction of sp³-hybridized carbons (Fsp3) is 0.615. The van der Waals surface area contributed by atoms with Gasteiger partial charge in [-0.25, -0.2) is 0 Å². The van der Waals surface area contributed by atoms with Crippen molar-refractivity contribution in [2.75, 3.05) is 13.2 Å². The van der Waals surface area contributed by atoms with E-state index in [0.717, 1.165) is 44.4 Å². The van der Waals surface area contributed by atoms with E-state index >= 15 is 0 Å². The maximum absolute atomic E-state index is 10.9. The van der Waals surface area contributed by atoms with Crippen molar-refractivity contribution >= 4 is 0 Å². The van der Waals surface area contributed by atoms with E-state index in [0.29, 0.717) is 24.5 Å². The summed E-state index contributed by atoms with van der Waals surface area (Å²) in [6.07, 6.45) is 17.3. The maximum Gasteiger partial charge on any atom is 0.127 e. The van der Waals surface area contributed by atoms with Gasteiger partial charge in [0.2, 0.25) is 0 Å². The molecule has 0 saturated carbocycles. The van der Waals surface area contributed by atoms with Gasteiger partial charge in [-0.3, -0.25) is 5.32 Å². The molecule has 4 nitrogen and oxygen atoms in total. The summed E-state index contributed by atoms with van der Waals surface area (Å²) in [5, 5.41) is 18.1. The van der Waals surface area contributed by atoms with Crippen molar-refractivity contribution < 1.29 is 9.84 Å². The average Bonchev–Trinajstić information content (AvgIpc) is 2.76. The molecule has 3 rings (SSSR count). The molecular weight excluding hydrogens is 372 g/mol. The van der Waals surface area contributed by atoms with E-state index in [1.54, 1.807) is 0 Å². The van der Waals surface area contributed by atoms with E-state index < -0.39 is 6.23 Å². The Morgan fingerprint density at radius 2 is 2.13 bits per heavy atom. The summed E-state index contributed by atoms with van der Waals surface area (Å²) in [5.74, 6) is 1.89. The number of hydrogen-bond donors (Lipinski definition) is 3. The molecule has 0 bridgehead atoms. The van der Waals surface area contributed by atoms with Crippen LogP contribution in [-0.2, 0) is 4.74 Å². The smallest absolute Gasteiger partial charge is 0.127 e. The van der Waals surface area contributed by atoms with Crippen LogP contribution in [0.15, 0.2) is 58.9 Å². The molecule has 0 aliphatic heterocycles. The highest BCUT2D eigenvalue weighted by Gasteiger charge is 2.33. The minimum Gasteiger partial charge on any atom is -0.490 e. The Bertz CT molecular complexity index is 731. The molecule has 0 aromatic heterocycles. The Morgan fingerprint density at radius 3 is 2.80 bits per heavy atom. The zero-order valence-corrected chi connectivity index (χ0v) is 19.2. The van der Waals surface area contributed by atoms with Gasteiger partial charge in [0.1, 0.15) is 18.6 Å². The Kier molecular flexibility index (Phi) is 8.55. The number of ether oxygens (including phenoxy) is 1. The van der Waals surface area contributed by atoms with Crippen molar-refractivity contribution in [1.82, 2.24) is 10.6 Å². The van der Waals surface area contributed by atoms with E-state index in [1.165, 1.54) is 16.7 Å². The molecule has 1 unspecified atom stereocenters. The topological polar surface area (TPSA) is 53.5 Å². The molecule has 0 spiro atoms. The van der Waals surface area contributed by atoms with Crippen molar-refractivity contribution in [3.8, 4) is 0 Å². The number of allylic oxidation sites excluding steroid dienone is 4. The summed E-state index contributed by atoms with van der Waals surface area (Å²) in [4.78, 5) is 0. The number of nitrogens with one attached hydrogen (secondary N) is 2. The van der Waals surface area contributed by atoms with Crippen LogP contribution in [0.4, 0.5) is 0 Å². The fourth-order valence-electron chi connectivity index (χ4n) is 4.79. The van der Waals surface area contributed by atoms with Crippen molar-refractivity contribution in [3.05, 3.63) is 58.9 Å². The lowest BCUT2D eigenvalue weighted by Crippen LogP contribution is -2.47. The molecule has 0 aromatic rings. The molecule has 0 fully saturated rings. The second-order valence-corrected chi connectivity index (χ2v) is 9.12. The summed E-state index contributed by atoms with van der Waals surface area (Å²) in [6.45, 7) is 10.7. The second kappa shape index (κ2) is 11.1. The number of aliphatic hydroxyl groups is 1. The van der Waals surface area contributed by atoms with Gasteiger partial charge >= 0.3 is 0 Å². The predicted octanol–water partition coefficient (Wildman–Crippen LogP) is 4.76. The van der Waals surface area contributed by atoms with Crippen LogP contribution >= 0.6 is 0 Å². The van der Waals surface area contributed by atoms with Gasteiger partial charge in [-0.2, -0.15) is 0 Å². The maximum atomic E-state index is 10.9. The molecule has 3 aliphatic rings. The van der Waals surface area contributed by atoms with E-state index in [1.807, 2.05) is 6.08 Å². The zero-order chi connectivity index (χ0) is 21.5. The Labute approximate surface area is 182 Å². The van der Waals surface area contributed by atoms with Gasteiger partial charge in [-0.05, 0) is 80.7 Å². The molecule has 0 heterocycles. The summed E-state index contributed by atoms with van der Waals surface area (Å²) in [6, 6.07) is 0.624. The van der Waals surface area contributed by atoms with Crippen LogP contribution < -0.4 is 10.6 Å². The summed E-state index contributed by atoms with van der Waals surface area (Å²) < 4.78 is 5.95. The monoisotopic (exact) mass is 412 g/mol. The van der Waals surface area contributed by atoms with Crippen LogP contribution in [0.25, 0.3) is 0 Å². The first-order valence-corrected chi connectivity index (χ1v) is 11.7. The first kappa shape index (κ1) is 23.1. The van der Waals surface area contributed by atoms with E-state index in [9.17, 15) is 5.11 Å². The zero-order valence-electron chi connectivity index (χ0n) is 19.2. The first-order valence-electron chi connectivity index (χ1n) is 11.7. The standard InChI is InChI=1S/C26H40N2O2/c1-5-15-27-25-18(2)16-24(19(3)20(25)4)26(29)28-22-11-13-23(14-12-22)30-17-21-9-7-6-8-10-21/h6-7,9,11,13-14,18,20,22,25-29H,5,8,10,12,15-17H2,1-4H3/t18-,20?,22-,25+,26+/m1/s1. The van der Waals surface area contributed by atoms with Crippen LogP contribution in [-0.4, -0.2) is 36.6 Å². The third-order valence-corrected chi connectivity index (χ3v) is 6.81. The Balaban J connectivity index is 1.51. The Hall–Kier alpha value is -1.62. The lowest BCUT2D eigenvalue weighted by Gasteiger charge is -2.39. The second-order valence-electron chi connectivity index (χ2n) is 9.12. The van der Waals surface area contributed by atoms with Gasteiger partial charge in [0, 0.05) is 12.1 Å². The van der Waals surface area contributed by atoms with Crippen molar-refractivity contribution in [2.45, 2.75) is 78.1 Å². The van der Waals surface area contributed by atoms with Crippen LogP contribution in [0, 0.1) is 11.8 Å². The highest BCUT2D eigenvalue weighted by atomic mass is 16.5. The molecule has 4 heteroatoms. The minimum atomic E-state index is -0.591. The van der Waals surface area contributed by atoms with E-state index in [4.69, 9.17) is 4.74 Å². The van der Waals surface area contributed by atoms with Crippen LogP contribution in [0.5, 0.6) is 0 Å². The minimum absolute atomic E-state index is 0.131. The number of hydrogen-bond acceptors (Lipinski definition) is 4. The summed E-state index contributed by atoms with van der Waals surface area (Å²) >= 11 is 0. The highest BCUT2D eigenvalue weighted by Crippen LogP contribution is 2.35. The van der Waals surface area contributed by atoms with Crippen LogP contribution in [0.3, 0.4) is 0 Å². The number of rotatable bonds is 9. The van der Waals surface area contributed by atoms with Gasteiger partial charge in [0.15, 0.2) is 0 Å². The van der Waals surface area contributed by atoms with Gasteiger partial charge < -0.3 is 15.2 Å². The molecular formula is C26H40N2O2. The number of aliphatic hydroxyl groups excluding tert-OH is 1. The summed E-state index contributed by atoms with van der Waals surface area (Å²) in [5.41, 5.74) is 3.84. The molecule has 0 aromatic carbocycles. The quantitative estimate of drug-likeness (QED) is 0.377. The third kappa shape index (κ3) is 5.96. The SMILES string of the molecule is CCCN[C@@H]1C(C)C(C)=C([C@H](O)N[C@@H]2C=CC(OCC3=CC=CCC3)=CC2)C[C@H]1C. The van der Waals surface area contributed by atoms with Crippen LogP contribution in [0.2, 0.25) is 0 Å². The third-order valence-electron chi connectivity index (χ3n) is 6.81. The normalized spacial score (nSPS) is 30.2. The van der Waals surface area contributed by atoms with Crippen molar-refractivity contribution in [3.63, 3.8) is 0 Å². The Morgan fingerprint density at radius 1 is 1.30 bits per heavy atom. The lowest BCUT2D eigenvalue weighted by molar-refractivity contribution is 0.143. The molecule has 0 amide bonds. The molecule has 5 atom stereocenters. The molecule has 166 valence electrons. The van der Waals surface area contributed by atoms with E-state index in [-0.39, 0.29) is 6.04 Å². The molecule has 0 saturated heterocycles. The summed E-state index contributed by atoms with van der Waals surface area (Å²) in [7, 11) is 0. The van der Waals surface area contributed by atoms with Crippen molar-refractivity contribution in [1.29, 1.82) is 0 Å². The van der Waals surface area contributed by atoms with Gasteiger partial charge in [-0.1, -0.05) is 50.6 Å². The first-order chi connectivity index (χ1) is 14.5. The molecule has 3 N–H and O–H groups in total. The lowest BCUT2D eigenvalue weighted by atomic mass is 9.74. The van der Waals surface area contributed by atoms with Gasteiger partial charge in [0.25, 0.3) is 0 Å². The molecule has 0 radical (unpaired) electrons. The van der Waals surface area contributed by atoms with Crippen LogP contribution in [0.1, 0.15) is 59.8 Å². The van der Waals surface area contributed by atoms with Gasteiger partial charge in [0.05, 0.1) is 0 Å². The predicted molar refractivity (Wildman–Crippen MR) is 125 cm³/mol. The van der Waals surface area contributed by atoms with E-state index in [2.05, 4.69) is 68.7 Å². The molecule has 30 heavy (non-hydrogen) atoms. The highest BCUT2D eigenvalue weighted by molar-refractivity contribution is 5.27. The molecule has 3 aliphatic carbocycles. The van der Waals surface area contributed by atoms with Crippen molar-refractivity contribution in [2.24, 2.45) is 11.8 Å². The van der Waals surface area contributed by atoms with Gasteiger partial charge in [-0.15, -0.1) is 0 Å².